The summed E-state index contributed by atoms with van der Waals surface area (Å²) in [4.78, 5) is 11.5. The van der Waals surface area contributed by atoms with Gasteiger partial charge in [0.1, 0.15) is 6.04 Å². The number of nitrogens with one attached hydrogen (secondary N) is 1. The molecule has 1 heterocycles. The van der Waals surface area contributed by atoms with Gasteiger partial charge in [-0.1, -0.05) is 29.8 Å². The van der Waals surface area contributed by atoms with Crippen LogP contribution in [0.4, 0.5) is 0 Å². The lowest BCUT2D eigenvalue weighted by Gasteiger charge is -2.34. The minimum absolute atomic E-state index is 0.540. The van der Waals surface area contributed by atoms with Crippen molar-refractivity contribution >= 4 is 23.3 Å². The summed E-state index contributed by atoms with van der Waals surface area (Å²) in [6.45, 7) is 4.29. The standard InChI is InChI=1S/C19H29N3O2S/c1-14-5-3-4-6-16(14)17-13-22(11-8-15(17)7-10-20)21-18(19(23)24)9-12-25-2/h3-6,18,21H,7-13,20H2,1-2H3,(H,23,24)/t18-/m0/s1. The van der Waals surface area contributed by atoms with Gasteiger partial charge in [-0.05, 0) is 61.4 Å². The van der Waals surface area contributed by atoms with Crippen molar-refractivity contribution in [1.82, 2.24) is 10.4 Å². The Bertz CT molecular complexity index is 618. The second kappa shape index (κ2) is 9.97. The van der Waals surface area contributed by atoms with Crippen molar-refractivity contribution in [2.75, 3.05) is 31.6 Å². The van der Waals surface area contributed by atoms with E-state index in [1.54, 1.807) is 11.8 Å². The Morgan fingerprint density at radius 3 is 2.84 bits per heavy atom. The van der Waals surface area contributed by atoms with Gasteiger partial charge in [-0.2, -0.15) is 11.8 Å². The van der Waals surface area contributed by atoms with Gasteiger partial charge in [0, 0.05) is 13.1 Å². The van der Waals surface area contributed by atoms with E-state index in [2.05, 4.69) is 35.6 Å². The van der Waals surface area contributed by atoms with E-state index in [1.165, 1.54) is 22.3 Å². The molecular weight excluding hydrogens is 334 g/mol. The third-order valence-corrected chi connectivity index (χ3v) is 5.27. The van der Waals surface area contributed by atoms with Crippen LogP contribution in [0.15, 0.2) is 29.8 Å². The fourth-order valence-electron chi connectivity index (χ4n) is 3.25. The highest BCUT2D eigenvalue weighted by atomic mass is 32.2. The number of carboxylic acid groups (broad SMARTS) is 1. The van der Waals surface area contributed by atoms with Crippen molar-refractivity contribution in [2.45, 2.75) is 32.2 Å². The van der Waals surface area contributed by atoms with Crippen molar-refractivity contribution in [2.24, 2.45) is 5.73 Å². The molecule has 0 aromatic heterocycles. The molecule has 2 rings (SSSR count). The summed E-state index contributed by atoms with van der Waals surface area (Å²) in [5, 5.41) is 11.5. The lowest BCUT2D eigenvalue weighted by molar-refractivity contribution is -0.141. The van der Waals surface area contributed by atoms with Crippen molar-refractivity contribution in [3.05, 3.63) is 41.0 Å². The van der Waals surface area contributed by atoms with Crippen LogP contribution in [0, 0.1) is 6.92 Å². The number of hydrazine groups is 1. The Balaban J connectivity index is 2.18. The summed E-state index contributed by atoms with van der Waals surface area (Å²) in [7, 11) is 0. The summed E-state index contributed by atoms with van der Waals surface area (Å²) in [6.07, 6.45) is 4.43. The third-order valence-electron chi connectivity index (χ3n) is 4.62. The maximum atomic E-state index is 11.5. The van der Waals surface area contributed by atoms with Gasteiger partial charge in [0.05, 0.1) is 0 Å². The van der Waals surface area contributed by atoms with Crippen LogP contribution < -0.4 is 11.2 Å². The molecule has 0 saturated carbocycles. The molecule has 4 N–H and O–H groups in total. The first-order chi connectivity index (χ1) is 12.1. The van der Waals surface area contributed by atoms with Gasteiger partial charge in [-0.3, -0.25) is 4.79 Å². The lowest BCUT2D eigenvalue weighted by atomic mass is 9.90. The maximum Gasteiger partial charge on any atom is 0.322 e. The number of nitrogens with zero attached hydrogens (tertiary/aromatic N) is 1. The Morgan fingerprint density at radius 1 is 1.44 bits per heavy atom. The van der Waals surface area contributed by atoms with Gasteiger partial charge >= 0.3 is 5.97 Å². The number of aliphatic carboxylic acids is 1. The minimum atomic E-state index is -0.789. The monoisotopic (exact) mass is 363 g/mol. The van der Waals surface area contributed by atoms with E-state index >= 15 is 0 Å². The topological polar surface area (TPSA) is 78.6 Å². The number of nitrogens with two attached hydrogens (primary N) is 1. The molecule has 1 aliphatic rings. The Labute approximate surface area is 154 Å². The van der Waals surface area contributed by atoms with E-state index in [9.17, 15) is 9.90 Å². The number of rotatable bonds is 9. The fraction of sp³-hybridized carbons (Fsp3) is 0.526. The quantitative estimate of drug-likeness (QED) is 0.626. The highest BCUT2D eigenvalue weighted by Gasteiger charge is 2.25. The average Bonchev–Trinajstić information content (AvgIpc) is 2.60. The van der Waals surface area contributed by atoms with E-state index in [4.69, 9.17) is 5.73 Å². The zero-order chi connectivity index (χ0) is 18.2. The van der Waals surface area contributed by atoms with Crippen LogP contribution in [0.3, 0.4) is 0 Å². The average molecular weight is 364 g/mol. The molecule has 1 aromatic carbocycles. The second-order valence-electron chi connectivity index (χ2n) is 6.41. The summed E-state index contributed by atoms with van der Waals surface area (Å²) in [5.74, 6) is 0.0414. The first-order valence-corrected chi connectivity index (χ1v) is 10.2. The second-order valence-corrected chi connectivity index (χ2v) is 7.39. The Kier molecular flexibility index (Phi) is 7.96. The molecule has 1 aromatic rings. The predicted octanol–water partition coefficient (Wildman–Crippen LogP) is 2.51. The highest BCUT2D eigenvalue weighted by molar-refractivity contribution is 7.98. The fourth-order valence-corrected chi connectivity index (χ4v) is 3.72. The molecule has 25 heavy (non-hydrogen) atoms. The molecule has 0 spiro atoms. The van der Waals surface area contributed by atoms with Gasteiger partial charge in [0.2, 0.25) is 0 Å². The molecule has 0 unspecified atom stereocenters. The molecule has 6 heteroatoms. The highest BCUT2D eigenvalue weighted by Crippen LogP contribution is 2.29. The van der Waals surface area contributed by atoms with Crippen LogP contribution in [-0.4, -0.2) is 53.8 Å². The molecule has 138 valence electrons. The Morgan fingerprint density at radius 2 is 2.20 bits per heavy atom. The van der Waals surface area contributed by atoms with Crippen molar-refractivity contribution in [1.29, 1.82) is 0 Å². The first-order valence-electron chi connectivity index (χ1n) is 8.76. The van der Waals surface area contributed by atoms with Crippen LogP contribution in [0.25, 0.3) is 5.57 Å². The lowest BCUT2D eigenvalue weighted by Crippen LogP contribution is -2.51. The molecule has 1 aliphatic heterocycles. The largest absolute Gasteiger partial charge is 0.480 e. The number of benzene rings is 1. The van der Waals surface area contributed by atoms with Crippen LogP contribution >= 0.6 is 11.8 Å². The van der Waals surface area contributed by atoms with Gasteiger partial charge in [-0.25, -0.2) is 10.4 Å². The van der Waals surface area contributed by atoms with E-state index in [-0.39, 0.29) is 0 Å². The normalized spacial score (nSPS) is 16.9. The van der Waals surface area contributed by atoms with Crippen molar-refractivity contribution in [3.8, 4) is 0 Å². The van der Waals surface area contributed by atoms with Crippen LogP contribution in [0.2, 0.25) is 0 Å². The molecule has 0 saturated heterocycles. The summed E-state index contributed by atoms with van der Waals surface area (Å²) in [5.41, 5.74) is 14.2. The zero-order valence-electron chi connectivity index (χ0n) is 15.1. The molecule has 0 aliphatic carbocycles. The molecule has 0 amide bonds. The number of aryl methyl sites for hydroxylation is 1. The van der Waals surface area contributed by atoms with Gasteiger partial charge in [-0.15, -0.1) is 0 Å². The summed E-state index contributed by atoms with van der Waals surface area (Å²) >= 11 is 1.67. The summed E-state index contributed by atoms with van der Waals surface area (Å²) in [6, 6.07) is 7.83. The number of hydrogen-bond donors (Lipinski definition) is 3. The predicted molar refractivity (Wildman–Crippen MR) is 106 cm³/mol. The van der Waals surface area contributed by atoms with Crippen molar-refractivity contribution < 1.29 is 9.90 Å². The van der Waals surface area contributed by atoms with E-state index < -0.39 is 12.0 Å². The van der Waals surface area contributed by atoms with Gasteiger partial charge in [0.15, 0.2) is 0 Å². The van der Waals surface area contributed by atoms with E-state index in [0.717, 1.165) is 25.1 Å². The van der Waals surface area contributed by atoms with E-state index in [1.807, 2.05) is 12.3 Å². The molecular formula is C19H29N3O2S. The number of carbonyl (C=O) groups is 1. The summed E-state index contributed by atoms with van der Waals surface area (Å²) < 4.78 is 0. The van der Waals surface area contributed by atoms with Crippen LogP contribution in [0.1, 0.15) is 30.4 Å². The number of hydrogen-bond acceptors (Lipinski definition) is 5. The number of carboxylic acids is 1. The maximum absolute atomic E-state index is 11.5. The molecule has 5 nitrogen and oxygen atoms in total. The van der Waals surface area contributed by atoms with Gasteiger partial charge in [0.25, 0.3) is 0 Å². The van der Waals surface area contributed by atoms with Crippen LogP contribution in [-0.2, 0) is 4.79 Å². The zero-order valence-corrected chi connectivity index (χ0v) is 15.9. The number of thioether (sulfide) groups is 1. The van der Waals surface area contributed by atoms with Gasteiger partial charge < -0.3 is 10.8 Å². The molecule has 1 atom stereocenters. The smallest absolute Gasteiger partial charge is 0.322 e. The molecule has 0 fully saturated rings. The third kappa shape index (κ3) is 5.57. The first kappa shape index (κ1) is 20.0. The van der Waals surface area contributed by atoms with Crippen molar-refractivity contribution in [3.63, 3.8) is 0 Å². The Hall–Kier alpha value is -1.34. The van der Waals surface area contributed by atoms with E-state index in [0.29, 0.717) is 19.5 Å². The molecule has 0 radical (unpaired) electrons. The minimum Gasteiger partial charge on any atom is -0.480 e. The SMILES string of the molecule is CSCC[C@H](NN1CCC(CCN)=C(c2ccccc2C)C1)C(=O)O. The van der Waals surface area contributed by atoms with Crippen LogP contribution in [0.5, 0.6) is 0 Å². The molecule has 0 bridgehead atoms.